The zero-order valence-corrected chi connectivity index (χ0v) is 7.69. The SMILES string of the molecule is CCSCCO[C@H](C)C(=O)O. The molecule has 0 aliphatic heterocycles. The van der Waals surface area contributed by atoms with Gasteiger partial charge in [-0.15, -0.1) is 0 Å². The molecule has 0 amide bonds. The van der Waals surface area contributed by atoms with Crippen LogP contribution in [0.3, 0.4) is 0 Å². The standard InChI is InChI=1S/C7H14O3S/c1-3-11-5-4-10-6(2)7(8)9/h6H,3-5H2,1-2H3,(H,8,9)/t6-/m1/s1. The molecule has 0 aromatic rings. The number of carboxylic acids is 1. The molecule has 0 spiro atoms. The predicted octanol–water partition coefficient (Wildman–Crippen LogP) is 1.23. The summed E-state index contributed by atoms with van der Waals surface area (Å²) in [5.74, 6) is 1.02. The Bertz CT molecular complexity index is 116. The Balaban J connectivity index is 3.17. The van der Waals surface area contributed by atoms with E-state index in [9.17, 15) is 4.79 Å². The van der Waals surface area contributed by atoms with E-state index >= 15 is 0 Å². The van der Waals surface area contributed by atoms with Crippen LogP contribution in [0.4, 0.5) is 0 Å². The maximum atomic E-state index is 10.2. The van der Waals surface area contributed by atoms with Gasteiger partial charge in [0.25, 0.3) is 0 Å². The third kappa shape index (κ3) is 6.19. The molecule has 11 heavy (non-hydrogen) atoms. The minimum Gasteiger partial charge on any atom is -0.479 e. The number of rotatable bonds is 6. The summed E-state index contributed by atoms with van der Waals surface area (Å²) < 4.78 is 4.99. The second-order valence-electron chi connectivity index (χ2n) is 2.05. The Morgan fingerprint density at radius 1 is 1.73 bits per heavy atom. The number of hydrogen-bond donors (Lipinski definition) is 1. The van der Waals surface area contributed by atoms with E-state index < -0.39 is 12.1 Å². The summed E-state index contributed by atoms with van der Waals surface area (Å²) in [7, 11) is 0. The van der Waals surface area contributed by atoms with Crippen molar-refractivity contribution in [2.75, 3.05) is 18.1 Å². The average Bonchev–Trinajstić information content (AvgIpc) is 1.97. The number of aliphatic carboxylic acids is 1. The highest BCUT2D eigenvalue weighted by Gasteiger charge is 2.09. The first-order valence-electron chi connectivity index (χ1n) is 3.60. The second kappa shape index (κ2) is 6.49. The molecule has 0 fully saturated rings. The van der Waals surface area contributed by atoms with E-state index in [1.165, 1.54) is 0 Å². The van der Waals surface area contributed by atoms with Crippen LogP contribution in [0.2, 0.25) is 0 Å². The lowest BCUT2D eigenvalue weighted by Crippen LogP contribution is -2.20. The third-order valence-corrected chi connectivity index (χ3v) is 2.01. The summed E-state index contributed by atoms with van der Waals surface area (Å²) in [4.78, 5) is 10.2. The van der Waals surface area contributed by atoms with E-state index in [1.807, 2.05) is 0 Å². The molecule has 0 aromatic carbocycles. The van der Waals surface area contributed by atoms with Gasteiger partial charge in [0, 0.05) is 5.75 Å². The molecule has 1 N–H and O–H groups in total. The molecule has 1 atom stereocenters. The quantitative estimate of drug-likeness (QED) is 0.621. The Kier molecular flexibility index (Phi) is 6.36. The van der Waals surface area contributed by atoms with Gasteiger partial charge in [0.05, 0.1) is 6.61 Å². The van der Waals surface area contributed by atoms with Gasteiger partial charge < -0.3 is 9.84 Å². The van der Waals surface area contributed by atoms with E-state index in [0.717, 1.165) is 11.5 Å². The summed E-state index contributed by atoms with van der Waals surface area (Å²) in [5, 5.41) is 8.41. The van der Waals surface area contributed by atoms with Crippen LogP contribution in [0.15, 0.2) is 0 Å². The van der Waals surface area contributed by atoms with Crippen LogP contribution in [0.25, 0.3) is 0 Å². The fraction of sp³-hybridized carbons (Fsp3) is 0.857. The highest BCUT2D eigenvalue weighted by molar-refractivity contribution is 7.99. The molecule has 0 radical (unpaired) electrons. The van der Waals surface area contributed by atoms with Gasteiger partial charge in [-0.1, -0.05) is 6.92 Å². The van der Waals surface area contributed by atoms with Gasteiger partial charge in [-0.25, -0.2) is 4.79 Å². The van der Waals surface area contributed by atoms with Crippen LogP contribution < -0.4 is 0 Å². The second-order valence-corrected chi connectivity index (χ2v) is 3.44. The van der Waals surface area contributed by atoms with E-state index in [2.05, 4.69) is 6.92 Å². The summed E-state index contributed by atoms with van der Waals surface area (Å²) in [6.45, 7) is 4.12. The first-order chi connectivity index (χ1) is 5.18. The van der Waals surface area contributed by atoms with Crippen molar-refractivity contribution in [3.63, 3.8) is 0 Å². The molecule has 0 bridgehead atoms. The van der Waals surface area contributed by atoms with Crippen molar-refractivity contribution >= 4 is 17.7 Å². The van der Waals surface area contributed by atoms with Crippen LogP contribution in [0, 0.1) is 0 Å². The molecule has 0 heterocycles. The van der Waals surface area contributed by atoms with Crippen molar-refractivity contribution in [1.82, 2.24) is 0 Å². The topological polar surface area (TPSA) is 46.5 Å². The number of carbonyl (C=O) groups is 1. The van der Waals surface area contributed by atoms with E-state index in [0.29, 0.717) is 6.61 Å². The van der Waals surface area contributed by atoms with Gasteiger partial charge >= 0.3 is 5.97 Å². The number of ether oxygens (including phenoxy) is 1. The zero-order valence-electron chi connectivity index (χ0n) is 6.87. The van der Waals surface area contributed by atoms with Crippen molar-refractivity contribution in [3.05, 3.63) is 0 Å². The molecular weight excluding hydrogens is 164 g/mol. The normalized spacial score (nSPS) is 12.9. The molecule has 0 saturated heterocycles. The maximum absolute atomic E-state index is 10.2. The minimum atomic E-state index is -0.897. The van der Waals surface area contributed by atoms with Crippen molar-refractivity contribution in [3.8, 4) is 0 Å². The first kappa shape index (κ1) is 10.8. The van der Waals surface area contributed by atoms with Crippen molar-refractivity contribution < 1.29 is 14.6 Å². The number of carboxylic acid groups (broad SMARTS) is 1. The lowest BCUT2D eigenvalue weighted by Gasteiger charge is -2.06. The molecule has 0 unspecified atom stereocenters. The summed E-state index contributed by atoms with van der Waals surface area (Å²) in [5.41, 5.74) is 0. The van der Waals surface area contributed by atoms with Gasteiger partial charge in [0.2, 0.25) is 0 Å². The van der Waals surface area contributed by atoms with Crippen molar-refractivity contribution in [1.29, 1.82) is 0 Å². The minimum absolute atomic E-state index is 0.520. The maximum Gasteiger partial charge on any atom is 0.332 e. The van der Waals surface area contributed by atoms with E-state index in [4.69, 9.17) is 9.84 Å². The molecule has 0 saturated carbocycles. The Hall–Kier alpha value is -0.220. The predicted molar refractivity (Wildman–Crippen MR) is 46.0 cm³/mol. The van der Waals surface area contributed by atoms with Gasteiger partial charge in [0.15, 0.2) is 6.10 Å². The summed E-state index contributed by atoms with van der Waals surface area (Å²) in [6, 6.07) is 0. The lowest BCUT2D eigenvalue weighted by atomic mass is 10.4. The molecule has 0 rings (SSSR count). The zero-order chi connectivity index (χ0) is 8.69. The Morgan fingerprint density at radius 2 is 2.36 bits per heavy atom. The van der Waals surface area contributed by atoms with E-state index in [-0.39, 0.29) is 0 Å². The highest BCUT2D eigenvalue weighted by Crippen LogP contribution is 1.99. The van der Waals surface area contributed by atoms with Crippen molar-refractivity contribution in [2.24, 2.45) is 0 Å². The van der Waals surface area contributed by atoms with Crippen LogP contribution in [0.5, 0.6) is 0 Å². The smallest absolute Gasteiger partial charge is 0.332 e. The molecular formula is C7H14O3S. The Morgan fingerprint density at radius 3 is 2.82 bits per heavy atom. The Labute approximate surface area is 71.1 Å². The molecule has 4 heteroatoms. The lowest BCUT2D eigenvalue weighted by molar-refractivity contribution is -0.148. The highest BCUT2D eigenvalue weighted by atomic mass is 32.2. The largest absolute Gasteiger partial charge is 0.479 e. The first-order valence-corrected chi connectivity index (χ1v) is 4.76. The van der Waals surface area contributed by atoms with Crippen LogP contribution in [-0.4, -0.2) is 35.3 Å². The van der Waals surface area contributed by atoms with Crippen LogP contribution in [-0.2, 0) is 9.53 Å². The molecule has 66 valence electrons. The summed E-state index contributed by atoms with van der Waals surface area (Å²) >= 11 is 1.74. The summed E-state index contributed by atoms with van der Waals surface area (Å²) in [6.07, 6.45) is -0.674. The average molecular weight is 178 g/mol. The molecule has 3 nitrogen and oxygen atoms in total. The van der Waals surface area contributed by atoms with Crippen LogP contribution >= 0.6 is 11.8 Å². The van der Waals surface area contributed by atoms with Crippen LogP contribution in [0.1, 0.15) is 13.8 Å². The molecule has 0 aliphatic rings. The number of thioether (sulfide) groups is 1. The fourth-order valence-electron chi connectivity index (χ4n) is 0.499. The number of hydrogen-bond acceptors (Lipinski definition) is 3. The van der Waals surface area contributed by atoms with Gasteiger partial charge in [-0.05, 0) is 12.7 Å². The van der Waals surface area contributed by atoms with Crippen molar-refractivity contribution in [2.45, 2.75) is 20.0 Å². The monoisotopic (exact) mass is 178 g/mol. The molecule has 0 aromatic heterocycles. The van der Waals surface area contributed by atoms with E-state index in [1.54, 1.807) is 18.7 Å². The van der Waals surface area contributed by atoms with Gasteiger partial charge in [-0.2, -0.15) is 11.8 Å². The fourth-order valence-corrected chi connectivity index (χ4v) is 1.00. The molecule has 0 aliphatic carbocycles. The third-order valence-electron chi connectivity index (χ3n) is 1.15. The van der Waals surface area contributed by atoms with Gasteiger partial charge in [-0.3, -0.25) is 0 Å². The van der Waals surface area contributed by atoms with Gasteiger partial charge in [0.1, 0.15) is 0 Å².